The predicted octanol–water partition coefficient (Wildman–Crippen LogP) is 7.92. The third kappa shape index (κ3) is 5.31. The van der Waals surface area contributed by atoms with Crippen LogP contribution in [0.4, 0.5) is 30.7 Å². The fourth-order valence-corrected chi connectivity index (χ4v) is 7.62. The average molecular weight is 605 g/mol. The molecule has 3 aromatic carbocycles. The van der Waals surface area contributed by atoms with Crippen LogP contribution in [0.3, 0.4) is 0 Å². The first-order valence-electron chi connectivity index (χ1n) is 12.6. The lowest BCUT2D eigenvalue weighted by Crippen LogP contribution is -2.55. The number of halogens is 7. The van der Waals surface area contributed by atoms with E-state index in [1.165, 1.54) is 25.3 Å². The Bertz CT molecular complexity index is 1460. The molecule has 41 heavy (non-hydrogen) atoms. The molecule has 1 aliphatic rings. The van der Waals surface area contributed by atoms with Gasteiger partial charge < -0.3 is 9.47 Å². The van der Waals surface area contributed by atoms with Crippen LogP contribution in [0.2, 0.25) is 0 Å². The van der Waals surface area contributed by atoms with Crippen molar-refractivity contribution in [1.82, 2.24) is 0 Å². The van der Waals surface area contributed by atoms with Crippen molar-refractivity contribution in [1.29, 1.82) is 0 Å². The minimum Gasteiger partial charge on any atom is -0.496 e. The number of rotatable bonds is 8. The van der Waals surface area contributed by atoms with Gasteiger partial charge >= 0.3 is 12.4 Å². The van der Waals surface area contributed by atoms with Gasteiger partial charge in [-0.25, -0.2) is 12.8 Å². The number of hydrogen-bond donors (Lipinski definition) is 0. The van der Waals surface area contributed by atoms with Gasteiger partial charge in [-0.15, -0.1) is 0 Å². The molecule has 0 unspecified atom stereocenters. The molecule has 1 saturated carbocycles. The first kappa shape index (κ1) is 30.8. The Balaban J connectivity index is 1.80. The molecule has 0 N–H and O–H groups in total. The summed E-state index contributed by atoms with van der Waals surface area (Å²) in [5, 5.41) is 0. The Kier molecular flexibility index (Phi) is 8.23. The molecule has 0 radical (unpaired) electrons. The molecule has 12 heteroatoms. The highest BCUT2D eigenvalue weighted by molar-refractivity contribution is 7.92. The monoisotopic (exact) mass is 604 g/mol. The van der Waals surface area contributed by atoms with Gasteiger partial charge in [-0.3, -0.25) is 0 Å². The van der Waals surface area contributed by atoms with Gasteiger partial charge in [0.15, 0.2) is 9.84 Å². The van der Waals surface area contributed by atoms with Crippen LogP contribution in [0.5, 0.6) is 5.75 Å². The molecule has 0 saturated heterocycles. The standard InChI is InChI=1S/C29H27F7O4S/c1-19-5-6-20(25(17-19)39-2)18-40-27(28(31,32)33,29(34,35)36)22-9-7-21(8-10-22)26(15-3-4-16-26)41(37,38)24-13-11-23(30)12-14-24/h5-14,17H,3-4,15-16,18H2,1-2H3. The zero-order valence-electron chi connectivity index (χ0n) is 22.1. The van der Waals surface area contributed by atoms with Gasteiger partial charge in [0.25, 0.3) is 5.60 Å². The topological polar surface area (TPSA) is 52.6 Å². The minimum atomic E-state index is -5.93. The van der Waals surface area contributed by atoms with E-state index in [1.807, 2.05) is 0 Å². The van der Waals surface area contributed by atoms with E-state index in [2.05, 4.69) is 0 Å². The van der Waals surface area contributed by atoms with Crippen LogP contribution in [0.1, 0.15) is 47.9 Å². The molecule has 0 aliphatic heterocycles. The summed E-state index contributed by atoms with van der Waals surface area (Å²) in [5.41, 5.74) is -5.27. The van der Waals surface area contributed by atoms with Crippen LogP contribution < -0.4 is 4.74 Å². The van der Waals surface area contributed by atoms with Crippen molar-refractivity contribution in [2.24, 2.45) is 0 Å². The maximum absolute atomic E-state index is 14.4. The van der Waals surface area contributed by atoms with Crippen molar-refractivity contribution in [3.63, 3.8) is 0 Å². The lowest BCUT2D eigenvalue weighted by atomic mass is 9.88. The highest BCUT2D eigenvalue weighted by Crippen LogP contribution is 2.54. The summed E-state index contributed by atoms with van der Waals surface area (Å²) in [4.78, 5) is -0.194. The second-order valence-corrected chi connectivity index (χ2v) is 12.3. The molecular formula is C29H27F7O4S. The third-order valence-corrected chi connectivity index (χ3v) is 10.1. The Morgan fingerprint density at radius 1 is 0.829 bits per heavy atom. The summed E-state index contributed by atoms with van der Waals surface area (Å²) in [7, 11) is -2.96. The number of alkyl halides is 6. The summed E-state index contributed by atoms with van der Waals surface area (Å²) < 4.78 is 136. The molecule has 4 rings (SSSR count). The molecule has 0 amide bonds. The van der Waals surface area contributed by atoms with Crippen molar-refractivity contribution >= 4 is 9.84 Å². The van der Waals surface area contributed by atoms with Crippen LogP contribution in [0.25, 0.3) is 0 Å². The van der Waals surface area contributed by atoms with Crippen molar-refractivity contribution in [2.45, 2.75) is 66.8 Å². The van der Waals surface area contributed by atoms with E-state index in [0.717, 1.165) is 36.4 Å². The highest BCUT2D eigenvalue weighted by atomic mass is 32.2. The van der Waals surface area contributed by atoms with Crippen molar-refractivity contribution in [2.75, 3.05) is 7.11 Å². The van der Waals surface area contributed by atoms with E-state index in [4.69, 9.17) is 9.47 Å². The minimum absolute atomic E-state index is 0.0251. The molecule has 0 heterocycles. The van der Waals surface area contributed by atoms with Crippen LogP contribution >= 0.6 is 0 Å². The molecule has 3 aromatic rings. The van der Waals surface area contributed by atoms with Crippen LogP contribution in [0, 0.1) is 12.7 Å². The maximum atomic E-state index is 14.4. The summed E-state index contributed by atoms with van der Waals surface area (Å²) in [5.74, 6) is -0.597. The molecule has 0 atom stereocenters. The largest absolute Gasteiger partial charge is 0.496 e. The lowest BCUT2D eigenvalue weighted by Gasteiger charge is -2.38. The number of methoxy groups -OCH3 is 1. The Morgan fingerprint density at radius 3 is 1.90 bits per heavy atom. The molecular weight excluding hydrogens is 577 g/mol. The fourth-order valence-electron chi connectivity index (χ4n) is 5.40. The van der Waals surface area contributed by atoms with Gasteiger partial charge in [-0.2, -0.15) is 26.3 Å². The maximum Gasteiger partial charge on any atom is 0.430 e. The van der Waals surface area contributed by atoms with Crippen LogP contribution in [-0.4, -0.2) is 27.9 Å². The number of sulfone groups is 1. The molecule has 0 aromatic heterocycles. The molecule has 0 spiro atoms. The fraction of sp³-hybridized carbons (Fsp3) is 0.379. The van der Waals surface area contributed by atoms with Crippen LogP contribution in [-0.2, 0) is 31.5 Å². The molecule has 4 nitrogen and oxygen atoms in total. The number of benzene rings is 3. The molecule has 1 fully saturated rings. The van der Waals surface area contributed by atoms with E-state index in [-0.39, 0.29) is 34.6 Å². The van der Waals surface area contributed by atoms with Gasteiger partial charge in [0.05, 0.1) is 18.6 Å². The zero-order valence-corrected chi connectivity index (χ0v) is 22.9. The quantitative estimate of drug-likeness (QED) is 0.194. The van der Waals surface area contributed by atoms with E-state index < -0.39 is 50.5 Å². The van der Waals surface area contributed by atoms with Gasteiger partial charge in [0.1, 0.15) is 16.3 Å². The first-order valence-corrected chi connectivity index (χ1v) is 14.1. The second-order valence-electron chi connectivity index (χ2n) is 10.0. The van der Waals surface area contributed by atoms with Gasteiger partial charge in [-0.1, -0.05) is 49.2 Å². The van der Waals surface area contributed by atoms with Gasteiger partial charge in [0, 0.05) is 11.1 Å². The molecule has 0 bridgehead atoms. The van der Waals surface area contributed by atoms with E-state index in [9.17, 15) is 39.2 Å². The second kappa shape index (κ2) is 10.9. The van der Waals surface area contributed by atoms with Crippen molar-refractivity contribution < 1.29 is 48.6 Å². The van der Waals surface area contributed by atoms with Crippen molar-refractivity contribution in [3.05, 3.63) is 94.8 Å². The Labute approximate surface area is 233 Å². The summed E-state index contributed by atoms with van der Waals surface area (Å²) in [6.07, 6.45) is -10.7. The van der Waals surface area contributed by atoms with E-state index >= 15 is 0 Å². The zero-order chi connectivity index (χ0) is 30.3. The van der Waals surface area contributed by atoms with E-state index in [0.29, 0.717) is 30.5 Å². The van der Waals surface area contributed by atoms with Crippen LogP contribution in [0.15, 0.2) is 71.6 Å². The summed E-state index contributed by atoms with van der Waals surface area (Å²) >= 11 is 0. The van der Waals surface area contributed by atoms with Gasteiger partial charge in [0.2, 0.25) is 0 Å². The number of ether oxygens (including phenoxy) is 2. The molecule has 1 aliphatic carbocycles. The first-order chi connectivity index (χ1) is 19.1. The average Bonchev–Trinajstić information content (AvgIpc) is 3.41. The van der Waals surface area contributed by atoms with Crippen molar-refractivity contribution in [3.8, 4) is 5.75 Å². The SMILES string of the molecule is COc1cc(C)ccc1COC(c1ccc(C2(S(=O)(=O)c3ccc(F)cc3)CCCC2)cc1)(C(F)(F)F)C(F)(F)F. The third-order valence-electron chi connectivity index (χ3n) is 7.55. The number of aryl methyl sites for hydroxylation is 1. The Hall–Kier alpha value is -3.12. The smallest absolute Gasteiger partial charge is 0.430 e. The number of hydrogen-bond acceptors (Lipinski definition) is 4. The predicted molar refractivity (Wildman–Crippen MR) is 136 cm³/mol. The van der Waals surface area contributed by atoms with Gasteiger partial charge in [-0.05, 0) is 61.2 Å². The van der Waals surface area contributed by atoms with E-state index in [1.54, 1.807) is 6.92 Å². The normalized spacial score (nSPS) is 16.1. The summed E-state index contributed by atoms with van der Waals surface area (Å²) in [6, 6.07) is 11.6. The Morgan fingerprint density at radius 2 is 1.39 bits per heavy atom. The lowest BCUT2D eigenvalue weighted by molar-refractivity contribution is -0.392. The molecule has 222 valence electrons. The summed E-state index contributed by atoms with van der Waals surface area (Å²) in [6.45, 7) is 0.602. The highest BCUT2D eigenvalue weighted by Gasteiger charge is 2.73.